The number of alkyl halides is 3. The number of esters is 1. The first-order valence-corrected chi connectivity index (χ1v) is 11.1. The maximum absolute atomic E-state index is 13.3. The number of benzene rings is 2. The Morgan fingerprint density at radius 3 is 2.56 bits per heavy atom. The molecule has 0 saturated carbocycles. The topological polar surface area (TPSA) is 88.0 Å². The number of aromatic nitrogens is 2. The maximum atomic E-state index is 13.3. The average molecular weight is 497 g/mol. The van der Waals surface area contributed by atoms with Gasteiger partial charge in [0.25, 0.3) is 5.91 Å². The Bertz CT molecular complexity index is 1220. The summed E-state index contributed by atoms with van der Waals surface area (Å²) >= 11 is 0. The normalized spacial score (nSPS) is 15.8. The standard InChI is InChI=1S/C25H22F3N5O3/c26-25(27,28)19-9-4-10-20(15-19)33(31-16-18-7-2-1-3-8-18)22(34)17-36-23(35)21-11-5-14-32(21)24-29-12-6-13-30-24/h1-4,6-10,12-13,15-16,21H,5,11,14,17H2. The van der Waals surface area contributed by atoms with Crippen molar-refractivity contribution in [2.75, 3.05) is 23.1 Å². The zero-order valence-electron chi connectivity index (χ0n) is 19.0. The molecule has 0 N–H and O–H groups in total. The molecule has 0 aliphatic carbocycles. The number of hydrazone groups is 1. The molecule has 0 spiro atoms. The average Bonchev–Trinajstić information content (AvgIpc) is 3.38. The van der Waals surface area contributed by atoms with E-state index in [9.17, 15) is 22.8 Å². The smallest absolute Gasteiger partial charge is 0.416 e. The lowest BCUT2D eigenvalue weighted by atomic mass is 10.2. The molecule has 2 aromatic carbocycles. The fourth-order valence-corrected chi connectivity index (χ4v) is 3.73. The van der Waals surface area contributed by atoms with Crippen molar-refractivity contribution in [1.29, 1.82) is 0 Å². The van der Waals surface area contributed by atoms with Gasteiger partial charge in [-0.2, -0.15) is 23.3 Å². The summed E-state index contributed by atoms with van der Waals surface area (Å²) in [5.74, 6) is -1.08. The third kappa shape index (κ3) is 6.04. The highest BCUT2D eigenvalue weighted by atomic mass is 19.4. The van der Waals surface area contributed by atoms with Crippen LogP contribution in [-0.4, -0.2) is 47.3 Å². The van der Waals surface area contributed by atoms with Crippen LogP contribution in [0, 0.1) is 0 Å². The number of carbonyl (C=O) groups excluding carboxylic acids is 2. The number of ether oxygens (including phenoxy) is 1. The van der Waals surface area contributed by atoms with E-state index in [-0.39, 0.29) is 5.69 Å². The third-order valence-electron chi connectivity index (χ3n) is 5.45. The van der Waals surface area contributed by atoms with Gasteiger partial charge in [0.2, 0.25) is 5.95 Å². The monoisotopic (exact) mass is 497 g/mol. The van der Waals surface area contributed by atoms with E-state index in [0.29, 0.717) is 30.9 Å². The molecule has 8 nitrogen and oxygen atoms in total. The van der Waals surface area contributed by atoms with Gasteiger partial charge in [-0.25, -0.2) is 14.8 Å². The summed E-state index contributed by atoms with van der Waals surface area (Å²) in [4.78, 5) is 35.8. The number of rotatable bonds is 7. The molecular formula is C25H22F3N5O3. The minimum absolute atomic E-state index is 0.113. The summed E-state index contributed by atoms with van der Waals surface area (Å²) in [5.41, 5.74) is -0.420. The van der Waals surface area contributed by atoms with Crippen LogP contribution in [0.3, 0.4) is 0 Å². The fraction of sp³-hybridized carbons (Fsp3) is 0.240. The number of halogens is 3. The zero-order chi connectivity index (χ0) is 25.5. The van der Waals surface area contributed by atoms with E-state index < -0.39 is 36.3 Å². The van der Waals surface area contributed by atoms with Crippen LogP contribution in [0.5, 0.6) is 0 Å². The molecule has 2 heterocycles. The Hall–Kier alpha value is -4.28. The lowest BCUT2D eigenvalue weighted by Crippen LogP contribution is -2.40. The van der Waals surface area contributed by atoms with Gasteiger partial charge in [0.05, 0.1) is 17.5 Å². The molecule has 1 saturated heterocycles. The van der Waals surface area contributed by atoms with Crippen molar-refractivity contribution in [3.05, 3.63) is 84.2 Å². The molecule has 0 radical (unpaired) electrons. The molecule has 1 atom stereocenters. The first-order valence-electron chi connectivity index (χ1n) is 11.1. The molecule has 3 aromatic rings. The van der Waals surface area contributed by atoms with Gasteiger partial charge in [-0.05, 0) is 42.7 Å². The molecule has 1 aliphatic rings. The van der Waals surface area contributed by atoms with E-state index >= 15 is 0 Å². The summed E-state index contributed by atoms with van der Waals surface area (Å²) in [7, 11) is 0. The highest BCUT2D eigenvalue weighted by Gasteiger charge is 2.35. The van der Waals surface area contributed by atoms with E-state index in [2.05, 4.69) is 15.1 Å². The molecule has 0 bridgehead atoms. The SMILES string of the molecule is O=C(OCC(=O)N(N=Cc1ccccc1)c1cccc(C(F)(F)F)c1)C1CCCN1c1ncccn1. The van der Waals surface area contributed by atoms with Crippen molar-refractivity contribution < 1.29 is 27.5 Å². The molecule has 186 valence electrons. The molecule has 11 heteroatoms. The van der Waals surface area contributed by atoms with Gasteiger partial charge < -0.3 is 9.64 Å². The second-order valence-electron chi connectivity index (χ2n) is 7.92. The quantitative estimate of drug-likeness (QED) is 0.278. The van der Waals surface area contributed by atoms with Crippen molar-refractivity contribution in [2.45, 2.75) is 25.1 Å². The van der Waals surface area contributed by atoms with Crippen LogP contribution >= 0.6 is 0 Å². The molecule has 1 fully saturated rings. The van der Waals surface area contributed by atoms with Gasteiger partial charge in [-0.3, -0.25) is 4.79 Å². The van der Waals surface area contributed by atoms with Gasteiger partial charge in [-0.15, -0.1) is 0 Å². The number of hydrogen-bond acceptors (Lipinski definition) is 7. The predicted molar refractivity (Wildman–Crippen MR) is 126 cm³/mol. The third-order valence-corrected chi connectivity index (χ3v) is 5.45. The highest BCUT2D eigenvalue weighted by molar-refractivity contribution is 5.97. The Morgan fingerprint density at radius 2 is 1.83 bits per heavy atom. The van der Waals surface area contributed by atoms with Crippen LogP contribution in [0.15, 0.2) is 78.2 Å². The number of carbonyl (C=O) groups is 2. The first-order chi connectivity index (χ1) is 17.3. The Morgan fingerprint density at radius 1 is 1.08 bits per heavy atom. The van der Waals surface area contributed by atoms with Crippen LogP contribution in [0.25, 0.3) is 0 Å². The predicted octanol–water partition coefficient (Wildman–Crippen LogP) is 4.07. The largest absolute Gasteiger partial charge is 0.454 e. The van der Waals surface area contributed by atoms with Gasteiger partial charge >= 0.3 is 12.1 Å². The van der Waals surface area contributed by atoms with Gasteiger partial charge in [0.1, 0.15) is 6.04 Å². The number of anilines is 2. The molecule has 1 aromatic heterocycles. The Labute approximate surface area is 205 Å². The molecule has 1 unspecified atom stereocenters. The first kappa shape index (κ1) is 24.8. The van der Waals surface area contributed by atoms with Crippen molar-refractivity contribution in [3.8, 4) is 0 Å². The van der Waals surface area contributed by atoms with Gasteiger partial charge in [0.15, 0.2) is 6.61 Å². The lowest BCUT2D eigenvalue weighted by Gasteiger charge is -2.23. The number of hydrogen-bond donors (Lipinski definition) is 0. The summed E-state index contributed by atoms with van der Waals surface area (Å²) < 4.78 is 45.0. The Balaban J connectivity index is 1.51. The Kier molecular flexibility index (Phi) is 7.57. The summed E-state index contributed by atoms with van der Waals surface area (Å²) in [6, 6.07) is 13.9. The van der Waals surface area contributed by atoms with Crippen LogP contribution in [-0.2, 0) is 20.5 Å². The number of nitrogens with zero attached hydrogens (tertiary/aromatic N) is 5. The van der Waals surface area contributed by atoms with E-state index in [1.54, 1.807) is 53.7 Å². The van der Waals surface area contributed by atoms with Gasteiger partial charge in [0, 0.05) is 18.9 Å². The molecule has 36 heavy (non-hydrogen) atoms. The van der Waals surface area contributed by atoms with Crippen LogP contribution < -0.4 is 9.91 Å². The highest BCUT2D eigenvalue weighted by Crippen LogP contribution is 2.32. The van der Waals surface area contributed by atoms with E-state index in [4.69, 9.17) is 4.74 Å². The molecular weight excluding hydrogens is 475 g/mol. The summed E-state index contributed by atoms with van der Waals surface area (Å²) in [5, 5.41) is 4.89. The minimum atomic E-state index is -4.61. The van der Waals surface area contributed by atoms with E-state index in [1.807, 2.05) is 0 Å². The van der Waals surface area contributed by atoms with Crippen LogP contribution in [0.4, 0.5) is 24.8 Å². The maximum Gasteiger partial charge on any atom is 0.416 e. The number of amides is 1. The second-order valence-corrected chi connectivity index (χ2v) is 7.92. The van der Waals surface area contributed by atoms with Crippen LogP contribution in [0.1, 0.15) is 24.0 Å². The fourth-order valence-electron chi connectivity index (χ4n) is 3.73. The van der Waals surface area contributed by atoms with Crippen molar-refractivity contribution in [2.24, 2.45) is 5.10 Å². The van der Waals surface area contributed by atoms with Crippen molar-refractivity contribution in [3.63, 3.8) is 0 Å². The molecule has 1 amide bonds. The second kappa shape index (κ2) is 11.0. The van der Waals surface area contributed by atoms with Gasteiger partial charge in [-0.1, -0.05) is 36.4 Å². The summed E-state index contributed by atoms with van der Waals surface area (Å²) in [6.45, 7) is -0.156. The van der Waals surface area contributed by atoms with Crippen LogP contribution in [0.2, 0.25) is 0 Å². The zero-order valence-corrected chi connectivity index (χ0v) is 19.0. The molecule has 1 aliphatic heterocycles. The van der Waals surface area contributed by atoms with Crippen molar-refractivity contribution >= 4 is 29.7 Å². The molecule has 4 rings (SSSR count). The summed E-state index contributed by atoms with van der Waals surface area (Å²) in [6.07, 6.45) is 1.06. The minimum Gasteiger partial charge on any atom is -0.454 e. The van der Waals surface area contributed by atoms with Crippen molar-refractivity contribution in [1.82, 2.24) is 9.97 Å². The van der Waals surface area contributed by atoms with E-state index in [1.165, 1.54) is 18.3 Å². The van der Waals surface area contributed by atoms with E-state index in [0.717, 1.165) is 17.1 Å². The lowest BCUT2D eigenvalue weighted by molar-refractivity contribution is -0.149.